The summed E-state index contributed by atoms with van der Waals surface area (Å²) in [7, 11) is -3.60. The number of nitrogens with one attached hydrogen (secondary N) is 2. The van der Waals surface area contributed by atoms with Gasteiger partial charge in [0.2, 0.25) is 15.8 Å². The molecule has 0 aliphatic heterocycles. The Morgan fingerprint density at radius 3 is 2.38 bits per heavy atom. The highest BCUT2D eigenvalue weighted by atomic mass is 32.2. The Kier molecular flexibility index (Phi) is 7.58. The van der Waals surface area contributed by atoms with Crippen LogP contribution in [0, 0.1) is 18.4 Å². The number of nitriles is 1. The van der Waals surface area contributed by atoms with E-state index in [-0.39, 0.29) is 17.4 Å². The van der Waals surface area contributed by atoms with Gasteiger partial charge in [0.05, 0.1) is 16.3 Å². The van der Waals surface area contributed by atoms with E-state index in [2.05, 4.69) is 27.5 Å². The summed E-state index contributed by atoms with van der Waals surface area (Å²) >= 11 is 0. The summed E-state index contributed by atoms with van der Waals surface area (Å²) < 4.78 is 26.1. The molecule has 0 saturated carbocycles. The van der Waals surface area contributed by atoms with Gasteiger partial charge in [0.15, 0.2) is 6.19 Å². The number of aryl methyl sites for hydroxylation is 2. The maximum absolute atomic E-state index is 13.0. The lowest BCUT2D eigenvalue weighted by molar-refractivity contribution is 0.596. The fourth-order valence-electron chi connectivity index (χ4n) is 3.20. The first-order chi connectivity index (χ1) is 15.4. The summed E-state index contributed by atoms with van der Waals surface area (Å²) in [6.45, 7) is 4.31. The second kappa shape index (κ2) is 10.6. The van der Waals surface area contributed by atoms with Gasteiger partial charge < -0.3 is 5.32 Å². The van der Waals surface area contributed by atoms with Crippen LogP contribution in [0.5, 0.6) is 0 Å². The standard InChI is InChI=1S/C24H25N5O2S/c1-3-4-20-7-10-23(15-18(20)2)32(30,31)22-8-5-19(6-9-22)16-27-24(28-17-25)29-21-11-13-26-14-12-21/h5-15H,3-4,16H2,1-2H3,(H2,26,27,28,29). The third-order valence-corrected chi connectivity index (χ3v) is 6.68. The van der Waals surface area contributed by atoms with Crippen LogP contribution in [0.2, 0.25) is 0 Å². The minimum Gasteiger partial charge on any atom is -0.325 e. The van der Waals surface area contributed by atoms with Crippen LogP contribution in [-0.4, -0.2) is 19.4 Å². The summed E-state index contributed by atoms with van der Waals surface area (Å²) in [6, 6.07) is 15.5. The molecule has 0 aliphatic carbocycles. The van der Waals surface area contributed by atoms with Crippen molar-refractivity contribution in [1.82, 2.24) is 10.3 Å². The third kappa shape index (κ3) is 5.71. The fourth-order valence-corrected chi connectivity index (χ4v) is 4.55. The first-order valence-corrected chi connectivity index (χ1v) is 11.7. The predicted molar refractivity (Wildman–Crippen MR) is 125 cm³/mol. The van der Waals surface area contributed by atoms with Gasteiger partial charge in [0, 0.05) is 18.1 Å². The van der Waals surface area contributed by atoms with Crippen LogP contribution in [0.25, 0.3) is 0 Å². The van der Waals surface area contributed by atoms with Crippen molar-refractivity contribution in [1.29, 1.82) is 5.26 Å². The lowest BCUT2D eigenvalue weighted by Crippen LogP contribution is -2.26. The number of hydrogen-bond donors (Lipinski definition) is 2. The normalized spacial score (nSPS) is 11.6. The van der Waals surface area contributed by atoms with Gasteiger partial charge in [0.25, 0.3) is 0 Å². The molecule has 164 valence electrons. The molecular formula is C24H25N5O2S. The molecule has 2 aromatic carbocycles. The van der Waals surface area contributed by atoms with Gasteiger partial charge in [-0.1, -0.05) is 31.5 Å². The third-order valence-electron chi connectivity index (χ3n) is 4.91. The van der Waals surface area contributed by atoms with Gasteiger partial charge in [-0.2, -0.15) is 5.26 Å². The molecule has 3 aromatic rings. The number of sulfone groups is 1. The molecule has 0 atom stereocenters. The van der Waals surface area contributed by atoms with E-state index in [9.17, 15) is 8.42 Å². The summed E-state index contributed by atoms with van der Waals surface area (Å²) in [5.41, 5.74) is 3.70. The number of aromatic nitrogens is 1. The molecule has 1 heterocycles. The molecule has 0 aliphatic rings. The largest absolute Gasteiger partial charge is 0.325 e. The van der Waals surface area contributed by atoms with Crippen LogP contribution < -0.4 is 10.6 Å². The molecule has 3 rings (SSSR count). The molecule has 2 N–H and O–H groups in total. The molecule has 0 unspecified atom stereocenters. The Bertz CT molecular complexity index is 1230. The number of hydrogen-bond acceptors (Lipinski definition) is 5. The Hall–Kier alpha value is -3.70. The van der Waals surface area contributed by atoms with Crippen molar-refractivity contribution in [3.8, 4) is 6.19 Å². The highest BCUT2D eigenvalue weighted by Gasteiger charge is 2.18. The molecule has 32 heavy (non-hydrogen) atoms. The zero-order valence-corrected chi connectivity index (χ0v) is 18.9. The van der Waals surface area contributed by atoms with Crippen LogP contribution in [0.1, 0.15) is 30.0 Å². The van der Waals surface area contributed by atoms with E-state index in [1.807, 2.05) is 19.2 Å². The lowest BCUT2D eigenvalue weighted by atomic mass is 10.1. The number of rotatable bonds is 7. The van der Waals surface area contributed by atoms with Gasteiger partial charge in [-0.3, -0.25) is 10.3 Å². The Balaban J connectivity index is 1.75. The average Bonchev–Trinajstić information content (AvgIpc) is 2.80. The van der Waals surface area contributed by atoms with Crippen molar-refractivity contribution in [2.45, 2.75) is 43.0 Å². The number of anilines is 1. The van der Waals surface area contributed by atoms with Gasteiger partial charge in [0.1, 0.15) is 0 Å². The van der Waals surface area contributed by atoms with Gasteiger partial charge in [-0.05, 0) is 66.4 Å². The van der Waals surface area contributed by atoms with Crippen molar-refractivity contribution < 1.29 is 8.42 Å². The van der Waals surface area contributed by atoms with Crippen LogP contribution in [0.4, 0.5) is 5.69 Å². The monoisotopic (exact) mass is 447 g/mol. The molecule has 0 bridgehead atoms. The van der Waals surface area contributed by atoms with Crippen molar-refractivity contribution in [3.63, 3.8) is 0 Å². The summed E-state index contributed by atoms with van der Waals surface area (Å²) in [5, 5.41) is 14.5. The molecular weight excluding hydrogens is 422 g/mol. The number of benzene rings is 2. The summed E-state index contributed by atoms with van der Waals surface area (Å²) in [4.78, 5) is 8.84. The van der Waals surface area contributed by atoms with E-state index in [0.717, 1.165) is 29.7 Å². The molecule has 0 radical (unpaired) electrons. The van der Waals surface area contributed by atoms with E-state index in [1.54, 1.807) is 60.9 Å². The SMILES string of the molecule is CCCc1ccc(S(=O)(=O)c2ccc(CN=C(NC#N)Nc3ccncc3)cc2)cc1C. The van der Waals surface area contributed by atoms with E-state index in [0.29, 0.717) is 4.90 Å². The van der Waals surface area contributed by atoms with Gasteiger partial charge >= 0.3 is 0 Å². The number of nitrogens with zero attached hydrogens (tertiary/aromatic N) is 3. The van der Waals surface area contributed by atoms with Crippen molar-refractivity contribution in [2.75, 3.05) is 5.32 Å². The Morgan fingerprint density at radius 1 is 1.06 bits per heavy atom. The second-order valence-corrected chi connectivity index (χ2v) is 9.20. The van der Waals surface area contributed by atoms with E-state index in [4.69, 9.17) is 5.26 Å². The number of pyridine rings is 1. The molecule has 8 heteroatoms. The van der Waals surface area contributed by atoms with Gasteiger partial charge in [-0.15, -0.1) is 0 Å². The van der Waals surface area contributed by atoms with Crippen LogP contribution in [0.3, 0.4) is 0 Å². The van der Waals surface area contributed by atoms with Crippen LogP contribution >= 0.6 is 0 Å². The zero-order chi connectivity index (χ0) is 23.0. The van der Waals surface area contributed by atoms with E-state index >= 15 is 0 Å². The second-order valence-electron chi connectivity index (χ2n) is 7.25. The average molecular weight is 448 g/mol. The maximum Gasteiger partial charge on any atom is 0.209 e. The lowest BCUT2D eigenvalue weighted by Gasteiger charge is -2.10. The molecule has 7 nitrogen and oxygen atoms in total. The van der Waals surface area contributed by atoms with E-state index < -0.39 is 9.84 Å². The highest BCUT2D eigenvalue weighted by molar-refractivity contribution is 7.91. The first-order valence-electron chi connectivity index (χ1n) is 10.2. The molecule has 1 aromatic heterocycles. The predicted octanol–water partition coefficient (Wildman–Crippen LogP) is 4.21. The smallest absolute Gasteiger partial charge is 0.209 e. The minimum absolute atomic E-state index is 0.234. The Labute approximate surface area is 188 Å². The zero-order valence-electron chi connectivity index (χ0n) is 18.0. The van der Waals surface area contributed by atoms with Crippen molar-refractivity contribution in [2.24, 2.45) is 4.99 Å². The van der Waals surface area contributed by atoms with Crippen LogP contribution in [0.15, 0.2) is 81.8 Å². The van der Waals surface area contributed by atoms with Crippen molar-refractivity contribution >= 4 is 21.5 Å². The van der Waals surface area contributed by atoms with Crippen LogP contribution in [-0.2, 0) is 22.8 Å². The molecule has 0 saturated heterocycles. The van der Waals surface area contributed by atoms with E-state index in [1.165, 1.54) is 5.56 Å². The minimum atomic E-state index is -3.60. The first kappa shape index (κ1) is 23.0. The highest BCUT2D eigenvalue weighted by Crippen LogP contribution is 2.24. The molecule has 0 amide bonds. The quantitative estimate of drug-likeness (QED) is 0.243. The van der Waals surface area contributed by atoms with Gasteiger partial charge in [-0.25, -0.2) is 13.4 Å². The topological polar surface area (TPSA) is 107 Å². The maximum atomic E-state index is 13.0. The molecule has 0 spiro atoms. The Morgan fingerprint density at radius 2 is 1.75 bits per heavy atom. The summed E-state index contributed by atoms with van der Waals surface area (Å²) in [5.74, 6) is 0.290. The fraction of sp³-hybridized carbons (Fsp3) is 0.208. The number of guanidine groups is 1. The van der Waals surface area contributed by atoms with Crippen molar-refractivity contribution in [3.05, 3.63) is 83.7 Å². The summed E-state index contributed by atoms with van der Waals surface area (Å²) in [6.07, 6.45) is 7.05. The number of aliphatic imine (C=N–C) groups is 1. The molecule has 0 fully saturated rings.